The van der Waals surface area contributed by atoms with Gasteiger partial charge in [0.05, 0.1) is 38.1 Å². The Morgan fingerprint density at radius 1 is 1.32 bits per heavy atom. The Hall–Kier alpha value is -1.01. The van der Waals surface area contributed by atoms with Gasteiger partial charge in [-0.05, 0) is 35.5 Å². The third-order valence-corrected chi connectivity index (χ3v) is 5.35. The molecule has 1 saturated heterocycles. The third-order valence-electron chi connectivity index (χ3n) is 3.75. The summed E-state index contributed by atoms with van der Waals surface area (Å²) < 4.78 is 0. The van der Waals surface area contributed by atoms with E-state index in [0.717, 1.165) is 36.9 Å². The molecule has 4 nitrogen and oxygen atoms in total. The number of hydrogen-bond donors (Lipinski definition) is 1. The Morgan fingerprint density at radius 2 is 2.05 bits per heavy atom. The number of quaternary nitrogens is 1. The molecule has 1 fully saturated rings. The van der Waals surface area contributed by atoms with Gasteiger partial charge in [-0.3, -0.25) is 4.79 Å². The quantitative estimate of drug-likeness (QED) is 0.779. The molecule has 1 aromatic carbocycles. The second-order valence-corrected chi connectivity index (χ2v) is 7.27. The van der Waals surface area contributed by atoms with Crippen LogP contribution in [-0.2, 0) is 4.79 Å². The van der Waals surface area contributed by atoms with Gasteiger partial charge in [0.25, 0.3) is 5.91 Å². The first kappa shape index (κ1) is 15.9. The maximum Gasteiger partial charge on any atom is 0.286 e. The number of benzene rings is 1. The van der Waals surface area contributed by atoms with Crippen molar-refractivity contribution in [3.05, 3.63) is 38.7 Å². The first-order valence-electron chi connectivity index (χ1n) is 7.07. The molecular weight excluding hydrogens is 341 g/mol. The second kappa shape index (κ2) is 6.62. The number of carbonyl (C=O) groups is 1. The van der Waals surface area contributed by atoms with Crippen molar-refractivity contribution in [2.75, 3.05) is 33.2 Å². The molecular formula is C15H16Cl2N3OS+. The van der Waals surface area contributed by atoms with Crippen molar-refractivity contribution in [1.82, 2.24) is 4.90 Å². The molecule has 1 aromatic rings. The summed E-state index contributed by atoms with van der Waals surface area (Å²) in [5.41, 5.74) is 0.779. The monoisotopic (exact) mass is 356 g/mol. The normalized spacial score (nSPS) is 21.6. The maximum atomic E-state index is 12.1. The van der Waals surface area contributed by atoms with Gasteiger partial charge in [0.2, 0.25) is 0 Å². The zero-order chi connectivity index (χ0) is 15.7. The number of nitrogens with zero attached hydrogens (tertiary/aromatic N) is 2. The Morgan fingerprint density at radius 3 is 2.73 bits per heavy atom. The Bertz CT molecular complexity index is 667. The number of likely N-dealkylation sites (N-methyl/N-ethyl adjacent to an activating group) is 1. The zero-order valence-electron chi connectivity index (χ0n) is 12.1. The van der Waals surface area contributed by atoms with Gasteiger partial charge in [-0.15, -0.1) is 0 Å². The topological polar surface area (TPSA) is 37.1 Å². The molecule has 2 aliphatic rings. The van der Waals surface area contributed by atoms with E-state index in [1.165, 1.54) is 16.7 Å². The van der Waals surface area contributed by atoms with Gasteiger partial charge in [-0.25, -0.2) is 0 Å². The number of amidine groups is 1. The van der Waals surface area contributed by atoms with Crippen LogP contribution in [0, 0.1) is 0 Å². The summed E-state index contributed by atoms with van der Waals surface area (Å²) in [6, 6.07) is 5.24. The summed E-state index contributed by atoms with van der Waals surface area (Å²) in [5.74, 6) is -0.197. The average Bonchev–Trinajstić information content (AvgIpc) is 2.84. The Kier molecular flexibility index (Phi) is 4.78. The van der Waals surface area contributed by atoms with E-state index in [0.29, 0.717) is 15.0 Å². The van der Waals surface area contributed by atoms with Gasteiger partial charge in [-0.2, -0.15) is 4.99 Å². The van der Waals surface area contributed by atoms with Gasteiger partial charge in [-0.1, -0.05) is 29.3 Å². The lowest BCUT2D eigenvalue weighted by atomic mass is 10.2. The molecule has 0 spiro atoms. The first-order chi connectivity index (χ1) is 10.5. The molecule has 3 rings (SSSR count). The van der Waals surface area contributed by atoms with Crippen molar-refractivity contribution < 1.29 is 9.69 Å². The number of aliphatic imine (C=N–C) groups is 1. The van der Waals surface area contributed by atoms with E-state index in [2.05, 4.69) is 16.9 Å². The minimum atomic E-state index is -0.197. The van der Waals surface area contributed by atoms with E-state index in [4.69, 9.17) is 23.2 Å². The van der Waals surface area contributed by atoms with E-state index in [1.807, 2.05) is 6.07 Å². The second-order valence-electron chi connectivity index (χ2n) is 5.42. The predicted octanol–water partition coefficient (Wildman–Crippen LogP) is 1.79. The number of amides is 1. The van der Waals surface area contributed by atoms with Crippen molar-refractivity contribution in [3.8, 4) is 0 Å². The van der Waals surface area contributed by atoms with Gasteiger partial charge < -0.3 is 9.80 Å². The van der Waals surface area contributed by atoms with E-state index in [1.54, 1.807) is 18.2 Å². The van der Waals surface area contributed by atoms with Crippen LogP contribution >= 0.6 is 35.0 Å². The summed E-state index contributed by atoms with van der Waals surface area (Å²) >= 11 is 13.5. The SMILES string of the molecule is C[NH+]1CCN(C2=NC(=O)/C(=C/c3ccc(Cl)cc3Cl)S2)CC1. The van der Waals surface area contributed by atoms with Crippen LogP contribution in [0.3, 0.4) is 0 Å². The van der Waals surface area contributed by atoms with Crippen LogP contribution in [0.2, 0.25) is 10.0 Å². The van der Waals surface area contributed by atoms with Gasteiger partial charge >= 0.3 is 0 Å². The van der Waals surface area contributed by atoms with Crippen molar-refractivity contribution in [2.45, 2.75) is 0 Å². The molecule has 22 heavy (non-hydrogen) atoms. The van der Waals surface area contributed by atoms with Crippen molar-refractivity contribution in [3.63, 3.8) is 0 Å². The van der Waals surface area contributed by atoms with Crippen LogP contribution in [0.1, 0.15) is 5.56 Å². The zero-order valence-corrected chi connectivity index (χ0v) is 14.4. The molecule has 1 N–H and O–H groups in total. The van der Waals surface area contributed by atoms with Gasteiger partial charge in [0, 0.05) is 10.0 Å². The number of nitrogens with one attached hydrogen (secondary N) is 1. The fourth-order valence-electron chi connectivity index (χ4n) is 2.37. The number of halogens is 2. The van der Waals surface area contributed by atoms with Gasteiger partial charge in [0.1, 0.15) is 0 Å². The molecule has 0 radical (unpaired) electrons. The van der Waals surface area contributed by atoms with Crippen LogP contribution < -0.4 is 4.90 Å². The highest BCUT2D eigenvalue weighted by Gasteiger charge is 2.28. The molecule has 0 aliphatic carbocycles. The molecule has 116 valence electrons. The smallest absolute Gasteiger partial charge is 0.286 e. The lowest BCUT2D eigenvalue weighted by Crippen LogP contribution is -3.12. The van der Waals surface area contributed by atoms with Crippen molar-refractivity contribution >= 4 is 52.1 Å². The summed E-state index contributed by atoms with van der Waals surface area (Å²) in [6.45, 7) is 3.99. The van der Waals surface area contributed by atoms with Crippen LogP contribution in [0.25, 0.3) is 6.08 Å². The van der Waals surface area contributed by atoms with Crippen molar-refractivity contribution in [2.24, 2.45) is 4.99 Å². The number of carbonyl (C=O) groups excluding carboxylic acids is 1. The minimum Gasteiger partial charge on any atom is -0.339 e. The highest BCUT2D eigenvalue weighted by Crippen LogP contribution is 2.32. The summed E-state index contributed by atoms with van der Waals surface area (Å²) in [7, 11) is 2.18. The molecule has 1 amide bonds. The van der Waals surface area contributed by atoms with E-state index in [9.17, 15) is 4.79 Å². The van der Waals surface area contributed by atoms with E-state index < -0.39 is 0 Å². The van der Waals surface area contributed by atoms with E-state index in [-0.39, 0.29) is 5.91 Å². The number of thioether (sulfide) groups is 1. The van der Waals surface area contributed by atoms with E-state index >= 15 is 0 Å². The predicted molar refractivity (Wildman–Crippen MR) is 92.7 cm³/mol. The van der Waals surface area contributed by atoms with Gasteiger partial charge in [0.15, 0.2) is 5.17 Å². The first-order valence-corrected chi connectivity index (χ1v) is 8.64. The lowest BCUT2D eigenvalue weighted by molar-refractivity contribution is -0.883. The number of rotatable bonds is 1. The third kappa shape index (κ3) is 3.49. The van der Waals surface area contributed by atoms with Crippen LogP contribution in [0.4, 0.5) is 0 Å². The standard InChI is InChI=1S/C15H15Cl2N3OS/c1-19-4-6-20(7-5-19)15-18-14(21)13(22-15)8-10-2-3-11(16)9-12(10)17/h2-3,8-9H,4-7H2,1H3/p+1/b13-8-. The Balaban J connectivity index is 1.75. The van der Waals surface area contributed by atoms with Crippen molar-refractivity contribution in [1.29, 1.82) is 0 Å². The Labute approximate surface area is 143 Å². The summed E-state index contributed by atoms with van der Waals surface area (Å²) in [6.07, 6.45) is 1.78. The minimum absolute atomic E-state index is 0.197. The largest absolute Gasteiger partial charge is 0.339 e. The maximum absolute atomic E-state index is 12.1. The van der Waals surface area contributed by atoms with Crippen LogP contribution in [0.5, 0.6) is 0 Å². The number of hydrogen-bond acceptors (Lipinski definition) is 3. The molecule has 0 saturated carbocycles. The highest BCUT2D eigenvalue weighted by atomic mass is 35.5. The molecule has 2 aliphatic heterocycles. The summed E-state index contributed by atoms with van der Waals surface area (Å²) in [4.78, 5) is 20.6. The molecule has 0 unspecified atom stereocenters. The lowest BCUT2D eigenvalue weighted by Gasteiger charge is -2.30. The summed E-state index contributed by atoms with van der Waals surface area (Å²) in [5, 5.41) is 1.91. The molecule has 0 bridgehead atoms. The fourth-order valence-corrected chi connectivity index (χ4v) is 3.79. The molecule has 0 aromatic heterocycles. The highest BCUT2D eigenvalue weighted by molar-refractivity contribution is 8.18. The molecule has 0 atom stereocenters. The molecule has 7 heteroatoms. The molecule has 2 heterocycles. The average molecular weight is 357 g/mol. The van der Waals surface area contributed by atoms with Crippen LogP contribution in [-0.4, -0.2) is 49.2 Å². The van der Waals surface area contributed by atoms with Crippen LogP contribution in [0.15, 0.2) is 28.1 Å². The fraction of sp³-hybridized carbons (Fsp3) is 0.333. The number of piperazine rings is 1.